The Balaban J connectivity index is 2.07. The quantitative estimate of drug-likeness (QED) is 0.879. The maximum atomic E-state index is 9.76. The lowest BCUT2D eigenvalue weighted by Crippen LogP contribution is -2.37. The van der Waals surface area contributed by atoms with E-state index in [-0.39, 0.29) is 6.10 Å². The highest BCUT2D eigenvalue weighted by Gasteiger charge is 2.24. The first kappa shape index (κ1) is 14.5. The molecule has 4 heteroatoms. The Morgan fingerprint density at radius 2 is 2.16 bits per heavy atom. The van der Waals surface area contributed by atoms with Crippen molar-refractivity contribution in [1.82, 2.24) is 15.1 Å². The first-order valence-electron chi connectivity index (χ1n) is 7.51. The zero-order valence-electron chi connectivity index (χ0n) is 12.6. The van der Waals surface area contributed by atoms with Gasteiger partial charge in [-0.2, -0.15) is 5.10 Å². The molecule has 108 valence electrons. The van der Waals surface area contributed by atoms with Gasteiger partial charge in [-0.05, 0) is 53.4 Å². The number of nitrogens with zero attached hydrogens (tertiary/aromatic N) is 2. The second kappa shape index (κ2) is 6.06. The van der Waals surface area contributed by atoms with Crippen LogP contribution in [0.2, 0.25) is 0 Å². The molecule has 0 aliphatic heterocycles. The number of nitrogens with one attached hydrogen (secondary N) is 1. The molecule has 1 saturated carbocycles. The molecule has 3 unspecified atom stereocenters. The van der Waals surface area contributed by atoms with Crippen LogP contribution in [0.3, 0.4) is 0 Å². The number of aliphatic hydroxyl groups excluding tert-OH is 1. The van der Waals surface area contributed by atoms with Gasteiger partial charge in [0.15, 0.2) is 0 Å². The van der Waals surface area contributed by atoms with E-state index in [2.05, 4.69) is 42.8 Å². The minimum atomic E-state index is -0.126. The van der Waals surface area contributed by atoms with E-state index in [1.54, 1.807) is 0 Å². The molecule has 1 aromatic rings. The summed E-state index contributed by atoms with van der Waals surface area (Å²) in [5.74, 6) is 0. The van der Waals surface area contributed by atoms with Crippen molar-refractivity contribution in [3.05, 3.63) is 17.0 Å². The molecule has 1 aliphatic carbocycles. The molecule has 1 aliphatic rings. The summed E-state index contributed by atoms with van der Waals surface area (Å²) in [6.07, 6.45) is 4.00. The molecule has 0 bridgehead atoms. The minimum absolute atomic E-state index is 0.126. The molecule has 2 N–H and O–H groups in total. The van der Waals surface area contributed by atoms with Crippen LogP contribution in [-0.2, 0) is 6.54 Å². The summed E-state index contributed by atoms with van der Waals surface area (Å²) in [5.41, 5.74) is 3.70. The van der Waals surface area contributed by atoms with E-state index in [0.29, 0.717) is 12.1 Å². The van der Waals surface area contributed by atoms with Crippen LogP contribution in [0.4, 0.5) is 0 Å². The van der Waals surface area contributed by atoms with Gasteiger partial charge >= 0.3 is 0 Å². The molecule has 1 aromatic heterocycles. The summed E-state index contributed by atoms with van der Waals surface area (Å²) in [7, 11) is 0. The van der Waals surface area contributed by atoms with Gasteiger partial charge in [0, 0.05) is 29.9 Å². The topological polar surface area (TPSA) is 50.1 Å². The van der Waals surface area contributed by atoms with Crippen molar-refractivity contribution >= 4 is 0 Å². The van der Waals surface area contributed by atoms with Crippen LogP contribution in [0.15, 0.2) is 0 Å². The number of aromatic nitrogens is 2. The second-order valence-electron chi connectivity index (χ2n) is 5.81. The lowest BCUT2D eigenvalue weighted by atomic mass is 9.92. The van der Waals surface area contributed by atoms with Crippen LogP contribution >= 0.6 is 0 Å². The van der Waals surface area contributed by atoms with Crippen molar-refractivity contribution in [2.45, 2.75) is 78.1 Å². The van der Waals surface area contributed by atoms with Gasteiger partial charge in [-0.1, -0.05) is 0 Å². The predicted octanol–water partition coefficient (Wildman–Crippen LogP) is 2.47. The maximum Gasteiger partial charge on any atom is 0.0644 e. The van der Waals surface area contributed by atoms with Crippen LogP contribution in [0, 0.1) is 13.8 Å². The Morgan fingerprint density at radius 3 is 2.74 bits per heavy atom. The van der Waals surface area contributed by atoms with Gasteiger partial charge in [0.25, 0.3) is 0 Å². The number of aryl methyl sites for hydroxylation is 2. The molecule has 3 atom stereocenters. The summed E-state index contributed by atoms with van der Waals surface area (Å²) < 4.78 is 2.07. The highest BCUT2D eigenvalue weighted by Crippen LogP contribution is 2.25. The molecule has 1 heterocycles. The molecule has 1 fully saturated rings. The van der Waals surface area contributed by atoms with Gasteiger partial charge in [0.1, 0.15) is 0 Å². The Labute approximate surface area is 116 Å². The van der Waals surface area contributed by atoms with Gasteiger partial charge in [0.2, 0.25) is 0 Å². The molecular weight excluding hydrogens is 238 g/mol. The third kappa shape index (κ3) is 3.18. The fraction of sp³-hybridized carbons (Fsp3) is 0.800. The first-order valence-corrected chi connectivity index (χ1v) is 7.51. The average Bonchev–Trinajstić information content (AvgIpc) is 2.64. The van der Waals surface area contributed by atoms with E-state index in [9.17, 15) is 5.11 Å². The summed E-state index contributed by atoms with van der Waals surface area (Å²) in [6.45, 7) is 9.48. The van der Waals surface area contributed by atoms with Crippen molar-refractivity contribution in [2.24, 2.45) is 0 Å². The van der Waals surface area contributed by atoms with Crippen molar-refractivity contribution in [2.75, 3.05) is 0 Å². The fourth-order valence-electron chi connectivity index (χ4n) is 3.40. The van der Waals surface area contributed by atoms with Gasteiger partial charge in [-0.3, -0.25) is 4.68 Å². The van der Waals surface area contributed by atoms with Crippen molar-refractivity contribution in [1.29, 1.82) is 0 Å². The van der Waals surface area contributed by atoms with E-state index >= 15 is 0 Å². The second-order valence-corrected chi connectivity index (χ2v) is 5.81. The maximum absolute atomic E-state index is 9.76. The number of hydrogen-bond acceptors (Lipinski definition) is 3. The van der Waals surface area contributed by atoms with Crippen LogP contribution in [-0.4, -0.2) is 27.0 Å². The smallest absolute Gasteiger partial charge is 0.0644 e. The summed E-state index contributed by atoms with van der Waals surface area (Å²) in [5, 5.41) is 18.0. The molecule has 0 spiro atoms. The highest BCUT2D eigenvalue weighted by molar-refractivity contribution is 5.27. The molecule has 4 nitrogen and oxygen atoms in total. The molecular formula is C15H27N3O. The lowest BCUT2D eigenvalue weighted by Gasteiger charge is -2.29. The van der Waals surface area contributed by atoms with E-state index in [0.717, 1.165) is 31.5 Å². The monoisotopic (exact) mass is 265 g/mol. The molecule has 0 amide bonds. The zero-order chi connectivity index (χ0) is 14.0. The summed E-state index contributed by atoms with van der Waals surface area (Å²) >= 11 is 0. The van der Waals surface area contributed by atoms with Gasteiger partial charge < -0.3 is 10.4 Å². The van der Waals surface area contributed by atoms with E-state index in [4.69, 9.17) is 0 Å². The lowest BCUT2D eigenvalue weighted by molar-refractivity contribution is 0.109. The molecule has 19 heavy (non-hydrogen) atoms. The highest BCUT2D eigenvalue weighted by atomic mass is 16.3. The standard InChI is InChI=1S/C15H27N3O/c1-5-18-12(4)15(11(3)17-18)10(2)16-13-7-6-8-14(19)9-13/h10,13-14,16,19H,5-9H2,1-4H3. The van der Waals surface area contributed by atoms with Gasteiger partial charge in [-0.15, -0.1) is 0 Å². The molecule has 0 aromatic carbocycles. The normalized spacial score (nSPS) is 25.5. The molecule has 0 saturated heterocycles. The summed E-state index contributed by atoms with van der Waals surface area (Å²) in [4.78, 5) is 0. The van der Waals surface area contributed by atoms with Crippen LogP contribution in [0.5, 0.6) is 0 Å². The number of rotatable bonds is 4. The third-order valence-corrected chi connectivity index (χ3v) is 4.30. The largest absolute Gasteiger partial charge is 0.393 e. The Hall–Kier alpha value is -0.870. The Kier molecular flexibility index (Phi) is 4.63. The van der Waals surface area contributed by atoms with Crippen LogP contribution < -0.4 is 5.32 Å². The molecule has 2 rings (SSSR count). The zero-order valence-corrected chi connectivity index (χ0v) is 12.6. The van der Waals surface area contributed by atoms with Crippen molar-refractivity contribution < 1.29 is 5.11 Å². The van der Waals surface area contributed by atoms with Crippen LogP contribution in [0.1, 0.15) is 62.5 Å². The van der Waals surface area contributed by atoms with Gasteiger partial charge in [0.05, 0.1) is 11.8 Å². The average molecular weight is 265 g/mol. The minimum Gasteiger partial charge on any atom is -0.393 e. The predicted molar refractivity (Wildman–Crippen MR) is 77.2 cm³/mol. The fourth-order valence-corrected chi connectivity index (χ4v) is 3.40. The van der Waals surface area contributed by atoms with E-state index in [1.165, 1.54) is 17.7 Å². The third-order valence-electron chi connectivity index (χ3n) is 4.30. The number of aliphatic hydroxyl groups is 1. The van der Waals surface area contributed by atoms with Crippen molar-refractivity contribution in [3.63, 3.8) is 0 Å². The van der Waals surface area contributed by atoms with E-state index < -0.39 is 0 Å². The van der Waals surface area contributed by atoms with Gasteiger partial charge in [-0.25, -0.2) is 0 Å². The SMILES string of the molecule is CCn1nc(C)c(C(C)NC2CCCC(O)C2)c1C. The summed E-state index contributed by atoms with van der Waals surface area (Å²) in [6, 6.07) is 0.734. The number of hydrogen-bond donors (Lipinski definition) is 2. The van der Waals surface area contributed by atoms with Crippen molar-refractivity contribution in [3.8, 4) is 0 Å². The van der Waals surface area contributed by atoms with E-state index in [1.807, 2.05) is 0 Å². The first-order chi connectivity index (χ1) is 9.02. The molecule has 0 radical (unpaired) electrons. The van der Waals surface area contributed by atoms with Crippen LogP contribution in [0.25, 0.3) is 0 Å². The Morgan fingerprint density at radius 1 is 1.42 bits per heavy atom. The Bertz CT molecular complexity index is 427.